The fourth-order valence-electron chi connectivity index (χ4n) is 4.13. The molecule has 1 aromatic carbocycles. The van der Waals surface area contributed by atoms with Crippen molar-refractivity contribution in [2.24, 2.45) is 5.92 Å². The molecule has 0 saturated carbocycles. The minimum Gasteiger partial charge on any atom is -0.379 e. The second-order valence-corrected chi connectivity index (χ2v) is 10.6. The number of carbonyl (C=O) groups excluding carboxylic acids is 2. The van der Waals surface area contributed by atoms with E-state index < -0.39 is 10.0 Å². The zero-order chi connectivity index (χ0) is 23.1. The Bertz CT molecular complexity index is 876. The van der Waals surface area contributed by atoms with Crippen molar-refractivity contribution in [3.8, 4) is 0 Å². The van der Waals surface area contributed by atoms with E-state index in [2.05, 4.69) is 10.2 Å². The Hall–Kier alpha value is -2.01. The third-order valence-electron chi connectivity index (χ3n) is 6.17. The topological polar surface area (TPSA) is 99.3 Å². The first kappa shape index (κ1) is 24.6. The summed E-state index contributed by atoms with van der Waals surface area (Å²) in [4.78, 5) is 28.1. The van der Waals surface area contributed by atoms with Gasteiger partial charge in [0.1, 0.15) is 0 Å². The largest absolute Gasteiger partial charge is 0.379 e. The van der Waals surface area contributed by atoms with Crippen LogP contribution in [0.15, 0.2) is 29.2 Å². The first-order valence-electron chi connectivity index (χ1n) is 11.2. The number of benzene rings is 1. The summed E-state index contributed by atoms with van der Waals surface area (Å²) in [5, 5.41) is 2.60. The molecule has 32 heavy (non-hydrogen) atoms. The van der Waals surface area contributed by atoms with Crippen LogP contribution in [-0.2, 0) is 24.3 Å². The summed E-state index contributed by atoms with van der Waals surface area (Å²) >= 11 is 0. The Kier molecular flexibility index (Phi) is 8.64. The summed E-state index contributed by atoms with van der Waals surface area (Å²) in [6.07, 6.45) is 3.04. The number of piperidine rings is 1. The van der Waals surface area contributed by atoms with E-state index in [9.17, 15) is 18.0 Å². The van der Waals surface area contributed by atoms with Gasteiger partial charge in [-0.25, -0.2) is 8.42 Å². The van der Waals surface area contributed by atoms with Crippen molar-refractivity contribution >= 4 is 27.5 Å². The van der Waals surface area contributed by atoms with Crippen molar-refractivity contribution in [2.75, 3.05) is 64.8 Å². The van der Waals surface area contributed by atoms with Gasteiger partial charge in [0.2, 0.25) is 21.8 Å². The van der Waals surface area contributed by atoms with Crippen molar-refractivity contribution in [1.82, 2.24) is 14.1 Å². The van der Waals surface area contributed by atoms with Gasteiger partial charge in [-0.2, -0.15) is 4.31 Å². The van der Waals surface area contributed by atoms with Crippen LogP contribution in [0.5, 0.6) is 0 Å². The number of likely N-dealkylation sites (tertiary alicyclic amines) is 1. The van der Waals surface area contributed by atoms with Crippen LogP contribution in [0, 0.1) is 5.92 Å². The number of nitrogens with zero attached hydrogens (tertiary/aromatic N) is 3. The molecule has 0 aromatic heterocycles. The second-order valence-electron chi connectivity index (χ2n) is 8.53. The third kappa shape index (κ3) is 6.74. The minimum absolute atomic E-state index is 0.0868. The van der Waals surface area contributed by atoms with Crippen LogP contribution in [0.4, 0.5) is 5.69 Å². The van der Waals surface area contributed by atoms with Gasteiger partial charge in [0.15, 0.2) is 0 Å². The van der Waals surface area contributed by atoms with Gasteiger partial charge in [-0.05, 0) is 56.0 Å². The normalized spacial score (nSPS) is 18.7. The van der Waals surface area contributed by atoms with Gasteiger partial charge in [-0.3, -0.25) is 14.5 Å². The van der Waals surface area contributed by atoms with Gasteiger partial charge in [-0.1, -0.05) is 0 Å². The molecule has 0 aliphatic carbocycles. The lowest BCUT2D eigenvalue weighted by molar-refractivity contribution is -0.132. The number of ether oxygens (including phenoxy) is 1. The van der Waals surface area contributed by atoms with Crippen molar-refractivity contribution in [1.29, 1.82) is 0 Å². The molecule has 2 aliphatic rings. The van der Waals surface area contributed by atoms with Crippen LogP contribution in [0.2, 0.25) is 0 Å². The first-order valence-corrected chi connectivity index (χ1v) is 12.6. The SMILES string of the molecule is CC(=O)Nc1ccc(S(=O)(=O)N(C)CC(=O)N2CCC(CCN3CCOCC3)CC2)cc1. The predicted molar refractivity (Wildman–Crippen MR) is 122 cm³/mol. The molecule has 0 radical (unpaired) electrons. The maximum absolute atomic E-state index is 12.8. The van der Waals surface area contributed by atoms with E-state index >= 15 is 0 Å². The van der Waals surface area contributed by atoms with Crippen LogP contribution in [0.25, 0.3) is 0 Å². The van der Waals surface area contributed by atoms with E-state index in [1.807, 2.05) is 0 Å². The van der Waals surface area contributed by atoms with E-state index in [-0.39, 0.29) is 23.3 Å². The Morgan fingerprint density at radius 1 is 1.09 bits per heavy atom. The predicted octanol–water partition coefficient (Wildman–Crippen LogP) is 1.23. The number of carbonyl (C=O) groups is 2. The molecule has 1 N–H and O–H groups in total. The fourth-order valence-corrected chi connectivity index (χ4v) is 5.25. The van der Waals surface area contributed by atoms with Crippen molar-refractivity contribution in [3.05, 3.63) is 24.3 Å². The maximum Gasteiger partial charge on any atom is 0.243 e. The molecule has 2 fully saturated rings. The van der Waals surface area contributed by atoms with Gasteiger partial charge in [0.05, 0.1) is 24.7 Å². The third-order valence-corrected chi connectivity index (χ3v) is 7.98. The van der Waals surface area contributed by atoms with E-state index in [4.69, 9.17) is 4.74 Å². The summed E-state index contributed by atoms with van der Waals surface area (Å²) < 4.78 is 32.1. The maximum atomic E-state index is 12.8. The molecule has 9 nitrogen and oxygen atoms in total. The monoisotopic (exact) mass is 466 g/mol. The summed E-state index contributed by atoms with van der Waals surface area (Å²) in [5.41, 5.74) is 0.520. The number of sulfonamides is 1. The number of morpholine rings is 1. The van der Waals surface area contributed by atoms with Crippen LogP contribution in [0.3, 0.4) is 0 Å². The first-order chi connectivity index (χ1) is 15.3. The quantitative estimate of drug-likeness (QED) is 0.619. The highest BCUT2D eigenvalue weighted by molar-refractivity contribution is 7.89. The molecule has 2 aliphatic heterocycles. The van der Waals surface area contributed by atoms with Crippen LogP contribution in [0.1, 0.15) is 26.2 Å². The van der Waals surface area contributed by atoms with Crippen molar-refractivity contribution in [3.63, 3.8) is 0 Å². The summed E-state index contributed by atoms with van der Waals surface area (Å²) in [5.74, 6) is 0.205. The Morgan fingerprint density at radius 2 is 1.72 bits per heavy atom. The number of rotatable bonds is 8. The molecule has 2 amide bonds. The molecule has 0 unspecified atom stereocenters. The molecule has 0 spiro atoms. The van der Waals surface area contributed by atoms with E-state index in [1.54, 1.807) is 4.90 Å². The number of likely N-dealkylation sites (N-methyl/N-ethyl adjacent to an activating group) is 1. The number of hydrogen-bond donors (Lipinski definition) is 1. The summed E-state index contributed by atoms with van der Waals surface area (Å²) in [6, 6.07) is 5.93. The lowest BCUT2D eigenvalue weighted by Gasteiger charge is -2.34. The van der Waals surface area contributed by atoms with Gasteiger partial charge >= 0.3 is 0 Å². The highest BCUT2D eigenvalue weighted by Gasteiger charge is 2.28. The van der Waals surface area contributed by atoms with Crippen molar-refractivity contribution in [2.45, 2.75) is 31.1 Å². The molecule has 10 heteroatoms. The van der Waals surface area contributed by atoms with Gasteiger partial charge in [0.25, 0.3) is 0 Å². The highest BCUT2D eigenvalue weighted by atomic mass is 32.2. The molecule has 1 aromatic rings. The Morgan fingerprint density at radius 3 is 2.31 bits per heavy atom. The van der Waals surface area contributed by atoms with Gasteiger partial charge in [0, 0.05) is 45.8 Å². The Balaban J connectivity index is 1.46. The van der Waals surface area contributed by atoms with Crippen LogP contribution < -0.4 is 5.32 Å². The summed E-state index contributed by atoms with van der Waals surface area (Å²) in [7, 11) is -2.37. The highest BCUT2D eigenvalue weighted by Crippen LogP contribution is 2.22. The Labute approximate surface area is 190 Å². The van der Waals surface area contributed by atoms with E-state index in [0.29, 0.717) is 24.7 Å². The molecular formula is C22H34N4O5S. The standard InChI is InChI=1S/C22H34N4O5S/c1-18(27)23-20-3-5-21(6-4-20)32(29,30)24(2)17-22(28)26-11-8-19(9-12-26)7-10-25-13-15-31-16-14-25/h3-6,19H,7-17H2,1-2H3,(H,23,27). The average Bonchev–Trinajstić information content (AvgIpc) is 2.78. The lowest BCUT2D eigenvalue weighted by Crippen LogP contribution is -2.45. The molecule has 3 rings (SSSR count). The molecule has 0 bridgehead atoms. The smallest absolute Gasteiger partial charge is 0.243 e. The zero-order valence-corrected chi connectivity index (χ0v) is 19.8. The zero-order valence-electron chi connectivity index (χ0n) is 19.0. The van der Waals surface area contributed by atoms with Gasteiger partial charge in [-0.15, -0.1) is 0 Å². The van der Waals surface area contributed by atoms with E-state index in [1.165, 1.54) is 38.2 Å². The number of amides is 2. The second kappa shape index (κ2) is 11.2. The lowest BCUT2D eigenvalue weighted by atomic mass is 9.93. The molecular weight excluding hydrogens is 432 g/mol. The van der Waals surface area contributed by atoms with Crippen LogP contribution >= 0.6 is 0 Å². The summed E-state index contributed by atoms with van der Waals surface area (Å²) in [6.45, 7) is 7.22. The van der Waals surface area contributed by atoms with Crippen molar-refractivity contribution < 1.29 is 22.7 Å². The average molecular weight is 467 g/mol. The minimum atomic E-state index is -3.79. The number of hydrogen-bond acceptors (Lipinski definition) is 6. The molecule has 2 heterocycles. The molecule has 178 valence electrons. The van der Waals surface area contributed by atoms with Gasteiger partial charge < -0.3 is 15.0 Å². The number of anilines is 1. The fraction of sp³-hybridized carbons (Fsp3) is 0.636. The molecule has 0 atom stereocenters. The number of nitrogens with one attached hydrogen (secondary N) is 1. The molecule has 2 saturated heterocycles. The van der Waals surface area contributed by atoms with Crippen LogP contribution in [-0.4, -0.2) is 93.9 Å². The van der Waals surface area contributed by atoms with E-state index in [0.717, 1.165) is 56.4 Å².